The number of nitrogens with zero attached hydrogens (tertiary/aromatic N) is 1. The molecular formula is C15H16BrNO. The Morgan fingerprint density at radius 3 is 2.89 bits per heavy atom. The summed E-state index contributed by atoms with van der Waals surface area (Å²) in [5, 5.41) is 9.04. The van der Waals surface area contributed by atoms with Gasteiger partial charge in [-0.25, -0.2) is 0 Å². The SMILES string of the molecule is CC1CC=CCC1COc1cc(Br)ccc1C#N. The van der Waals surface area contributed by atoms with E-state index in [0.717, 1.165) is 17.3 Å². The molecule has 1 aliphatic rings. The lowest BCUT2D eigenvalue weighted by molar-refractivity contribution is 0.198. The molecule has 0 heterocycles. The molecule has 0 saturated carbocycles. The second-order valence-electron chi connectivity index (χ2n) is 4.74. The molecule has 0 spiro atoms. The predicted molar refractivity (Wildman–Crippen MR) is 75.4 cm³/mol. The van der Waals surface area contributed by atoms with Gasteiger partial charge in [0.15, 0.2) is 0 Å². The zero-order valence-electron chi connectivity index (χ0n) is 10.4. The monoisotopic (exact) mass is 305 g/mol. The minimum Gasteiger partial charge on any atom is -0.492 e. The Balaban J connectivity index is 2.04. The molecule has 0 amide bonds. The molecule has 0 N–H and O–H groups in total. The third-order valence-electron chi connectivity index (χ3n) is 3.44. The van der Waals surface area contributed by atoms with E-state index < -0.39 is 0 Å². The van der Waals surface area contributed by atoms with E-state index in [0.29, 0.717) is 29.8 Å². The molecule has 3 heteroatoms. The number of ether oxygens (including phenoxy) is 1. The highest BCUT2D eigenvalue weighted by atomic mass is 79.9. The fraction of sp³-hybridized carbons (Fsp3) is 0.400. The highest BCUT2D eigenvalue weighted by Gasteiger charge is 2.19. The van der Waals surface area contributed by atoms with Gasteiger partial charge in [0.2, 0.25) is 0 Å². The van der Waals surface area contributed by atoms with Gasteiger partial charge < -0.3 is 4.74 Å². The highest BCUT2D eigenvalue weighted by Crippen LogP contribution is 2.28. The van der Waals surface area contributed by atoms with Crippen LogP contribution in [0.5, 0.6) is 5.75 Å². The average molecular weight is 306 g/mol. The molecule has 2 rings (SSSR count). The second-order valence-corrected chi connectivity index (χ2v) is 5.66. The zero-order chi connectivity index (χ0) is 13.0. The normalized spacial score (nSPS) is 22.5. The lowest BCUT2D eigenvalue weighted by Crippen LogP contribution is -2.21. The van der Waals surface area contributed by atoms with E-state index in [1.165, 1.54) is 0 Å². The van der Waals surface area contributed by atoms with Crippen LogP contribution >= 0.6 is 15.9 Å². The summed E-state index contributed by atoms with van der Waals surface area (Å²) in [5.74, 6) is 1.86. The fourth-order valence-electron chi connectivity index (χ4n) is 2.14. The summed E-state index contributed by atoms with van der Waals surface area (Å²) >= 11 is 3.40. The molecule has 94 valence electrons. The number of allylic oxidation sites excluding steroid dienone is 2. The third-order valence-corrected chi connectivity index (χ3v) is 3.93. The van der Waals surface area contributed by atoms with Crippen LogP contribution in [0.2, 0.25) is 0 Å². The molecule has 1 aromatic rings. The molecule has 0 aliphatic heterocycles. The molecule has 0 bridgehead atoms. The van der Waals surface area contributed by atoms with E-state index in [9.17, 15) is 0 Å². The number of benzene rings is 1. The first-order valence-electron chi connectivity index (χ1n) is 6.18. The van der Waals surface area contributed by atoms with Crippen molar-refractivity contribution in [2.75, 3.05) is 6.61 Å². The van der Waals surface area contributed by atoms with Crippen molar-refractivity contribution in [3.8, 4) is 11.8 Å². The predicted octanol–water partition coefficient (Wildman–Crippen LogP) is 4.30. The van der Waals surface area contributed by atoms with Crippen molar-refractivity contribution in [1.82, 2.24) is 0 Å². The van der Waals surface area contributed by atoms with Crippen LogP contribution in [0.3, 0.4) is 0 Å². The van der Waals surface area contributed by atoms with Gasteiger partial charge in [-0.2, -0.15) is 5.26 Å². The van der Waals surface area contributed by atoms with Crippen molar-refractivity contribution in [3.63, 3.8) is 0 Å². The van der Waals surface area contributed by atoms with Crippen molar-refractivity contribution >= 4 is 15.9 Å². The van der Waals surface area contributed by atoms with Crippen molar-refractivity contribution in [3.05, 3.63) is 40.4 Å². The third kappa shape index (κ3) is 3.14. The number of nitriles is 1. The minimum atomic E-state index is 0.542. The van der Waals surface area contributed by atoms with Crippen molar-refractivity contribution in [1.29, 1.82) is 5.26 Å². The van der Waals surface area contributed by atoms with Crippen LogP contribution in [0.25, 0.3) is 0 Å². The average Bonchev–Trinajstić information content (AvgIpc) is 2.38. The van der Waals surface area contributed by atoms with Crippen LogP contribution in [0.4, 0.5) is 0 Å². The first kappa shape index (κ1) is 13.2. The topological polar surface area (TPSA) is 33.0 Å². The maximum atomic E-state index is 9.04. The lowest BCUT2D eigenvalue weighted by Gasteiger charge is -2.25. The first-order chi connectivity index (χ1) is 8.70. The van der Waals surface area contributed by atoms with Gasteiger partial charge in [-0.1, -0.05) is 35.0 Å². The Morgan fingerprint density at radius 2 is 2.17 bits per heavy atom. The molecule has 1 aliphatic carbocycles. The van der Waals surface area contributed by atoms with Crippen LogP contribution in [0.15, 0.2) is 34.8 Å². The van der Waals surface area contributed by atoms with Crippen LogP contribution in [0.1, 0.15) is 25.3 Å². The number of hydrogen-bond donors (Lipinski definition) is 0. The summed E-state index contributed by atoms with van der Waals surface area (Å²) in [4.78, 5) is 0. The molecular weight excluding hydrogens is 290 g/mol. The van der Waals surface area contributed by atoms with Crippen molar-refractivity contribution < 1.29 is 4.74 Å². The molecule has 1 aromatic carbocycles. The van der Waals surface area contributed by atoms with Gasteiger partial charge in [0.1, 0.15) is 11.8 Å². The summed E-state index contributed by atoms with van der Waals surface area (Å²) in [6, 6.07) is 7.66. The molecule has 2 unspecified atom stereocenters. The van der Waals surface area contributed by atoms with Gasteiger partial charge in [-0.05, 0) is 42.9 Å². The summed E-state index contributed by atoms with van der Waals surface area (Å²) in [6.45, 7) is 2.93. The smallest absolute Gasteiger partial charge is 0.138 e. The second kappa shape index (κ2) is 6.06. The van der Waals surface area contributed by atoms with Gasteiger partial charge in [-0.15, -0.1) is 0 Å². The van der Waals surface area contributed by atoms with Crippen LogP contribution in [0, 0.1) is 23.2 Å². The summed E-state index contributed by atoms with van der Waals surface area (Å²) in [7, 11) is 0. The number of halogens is 1. The molecule has 2 nitrogen and oxygen atoms in total. The minimum absolute atomic E-state index is 0.542. The Labute approximate surface area is 116 Å². The van der Waals surface area contributed by atoms with Gasteiger partial charge in [0, 0.05) is 4.47 Å². The van der Waals surface area contributed by atoms with Gasteiger partial charge in [0.25, 0.3) is 0 Å². The maximum Gasteiger partial charge on any atom is 0.138 e. The van der Waals surface area contributed by atoms with Crippen molar-refractivity contribution in [2.24, 2.45) is 11.8 Å². The van der Waals surface area contributed by atoms with Crippen molar-refractivity contribution in [2.45, 2.75) is 19.8 Å². The molecule has 2 atom stereocenters. The molecule has 0 fully saturated rings. The van der Waals surface area contributed by atoms with Gasteiger partial charge in [0.05, 0.1) is 12.2 Å². The largest absolute Gasteiger partial charge is 0.492 e. The Bertz CT molecular complexity index is 490. The molecule has 0 saturated heterocycles. The fourth-order valence-corrected chi connectivity index (χ4v) is 2.48. The van der Waals surface area contributed by atoms with E-state index in [4.69, 9.17) is 10.00 Å². The lowest BCUT2D eigenvalue weighted by atomic mass is 9.85. The summed E-state index contributed by atoms with van der Waals surface area (Å²) in [6.07, 6.45) is 6.65. The number of rotatable bonds is 3. The van der Waals surface area contributed by atoms with E-state index in [2.05, 4.69) is 41.1 Å². The summed E-state index contributed by atoms with van der Waals surface area (Å²) < 4.78 is 6.77. The van der Waals surface area contributed by atoms with Crippen LogP contribution < -0.4 is 4.74 Å². The number of hydrogen-bond acceptors (Lipinski definition) is 2. The van der Waals surface area contributed by atoms with Gasteiger partial charge >= 0.3 is 0 Å². The maximum absolute atomic E-state index is 9.04. The molecule has 0 radical (unpaired) electrons. The zero-order valence-corrected chi connectivity index (χ0v) is 12.0. The Kier molecular flexibility index (Phi) is 4.43. The summed E-state index contributed by atoms with van der Waals surface area (Å²) in [5.41, 5.74) is 0.595. The van der Waals surface area contributed by atoms with Crippen LogP contribution in [-0.2, 0) is 0 Å². The highest BCUT2D eigenvalue weighted by molar-refractivity contribution is 9.10. The van der Waals surface area contributed by atoms with E-state index >= 15 is 0 Å². The van der Waals surface area contributed by atoms with Gasteiger partial charge in [-0.3, -0.25) is 0 Å². The first-order valence-corrected chi connectivity index (χ1v) is 6.97. The van der Waals surface area contributed by atoms with Crippen LogP contribution in [-0.4, -0.2) is 6.61 Å². The molecule has 0 aromatic heterocycles. The van der Waals surface area contributed by atoms with E-state index in [-0.39, 0.29) is 0 Å². The molecule has 18 heavy (non-hydrogen) atoms. The Hall–Kier alpha value is -1.27. The Morgan fingerprint density at radius 1 is 1.39 bits per heavy atom. The standard InChI is InChI=1S/C15H16BrNO/c1-11-4-2-3-5-13(11)10-18-15-8-14(16)7-6-12(15)9-17/h2-3,6-8,11,13H,4-5,10H2,1H3. The van der Waals surface area contributed by atoms with E-state index in [1.54, 1.807) is 6.07 Å². The quantitative estimate of drug-likeness (QED) is 0.780. The van der Waals surface area contributed by atoms with E-state index in [1.807, 2.05) is 12.1 Å².